The van der Waals surface area contributed by atoms with Gasteiger partial charge in [0.15, 0.2) is 0 Å². The van der Waals surface area contributed by atoms with Gasteiger partial charge in [-0.05, 0) is 32.6 Å². The maximum absolute atomic E-state index is 11.5. The van der Waals surface area contributed by atoms with Crippen molar-refractivity contribution < 1.29 is 9.53 Å². The molecule has 0 radical (unpaired) electrons. The molecule has 1 aromatic heterocycles. The van der Waals surface area contributed by atoms with E-state index in [0.29, 0.717) is 6.42 Å². The summed E-state index contributed by atoms with van der Waals surface area (Å²) in [5, 5.41) is 3.16. The predicted octanol–water partition coefficient (Wildman–Crippen LogP) is 2.79. The summed E-state index contributed by atoms with van der Waals surface area (Å²) < 4.78 is 5.61. The fourth-order valence-corrected chi connectivity index (χ4v) is 3.70. The first-order chi connectivity index (χ1) is 7.70. The SMILES string of the molecule is Cc1nc(C2CC(=O)OC23CCCC3)cs1. The fourth-order valence-electron chi connectivity index (χ4n) is 3.03. The smallest absolute Gasteiger partial charge is 0.307 e. The second-order valence-corrected chi connectivity index (χ2v) is 5.86. The molecule has 2 aliphatic rings. The Labute approximate surface area is 98.8 Å². The van der Waals surface area contributed by atoms with Crippen LogP contribution in [0.15, 0.2) is 5.38 Å². The van der Waals surface area contributed by atoms with E-state index in [-0.39, 0.29) is 17.5 Å². The molecular formula is C12H15NO2S. The number of esters is 1. The van der Waals surface area contributed by atoms with Crippen molar-refractivity contribution in [1.82, 2.24) is 4.98 Å². The number of hydrogen-bond acceptors (Lipinski definition) is 4. The van der Waals surface area contributed by atoms with Crippen LogP contribution in [0, 0.1) is 6.92 Å². The molecule has 2 heterocycles. The molecule has 0 bridgehead atoms. The third-order valence-electron chi connectivity index (χ3n) is 3.77. The monoisotopic (exact) mass is 237 g/mol. The molecule has 86 valence electrons. The van der Waals surface area contributed by atoms with Gasteiger partial charge in [-0.25, -0.2) is 4.98 Å². The molecule has 0 amide bonds. The van der Waals surface area contributed by atoms with E-state index < -0.39 is 0 Å². The van der Waals surface area contributed by atoms with E-state index in [1.807, 2.05) is 6.92 Å². The van der Waals surface area contributed by atoms with Crippen LogP contribution in [0.4, 0.5) is 0 Å². The number of hydrogen-bond donors (Lipinski definition) is 0. The Balaban J connectivity index is 1.96. The molecule has 1 atom stereocenters. The summed E-state index contributed by atoms with van der Waals surface area (Å²) >= 11 is 1.66. The number of aromatic nitrogens is 1. The summed E-state index contributed by atoms with van der Waals surface area (Å²) in [5.41, 5.74) is 0.854. The van der Waals surface area contributed by atoms with Gasteiger partial charge in [-0.15, -0.1) is 11.3 Å². The Kier molecular flexibility index (Phi) is 2.28. The van der Waals surface area contributed by atoms with Crippen LogP contribution in [0.5, 0.6) is 0 Å². The maximum Gasteiger partial charge on any atom is 0.307 e. The van der Waals surface area contributed by atoms with Crippen molar-refractivity contribution in [3.05, 3.63) is 16.1 Å². The number of rotatable bonds is 1. The first kappa shape index (κ1) is 10.3. The minimum atomic E-state index is -0.211. The highest BCUT2D eigenvalue weighted by atomic mass is 32.1. The van der Waals surface area contributed by atoms with Gasteiger partial charge in [0.25, 0.3) is 0 Å². The van der Waals surface area contributed by atoms with Gasteiger partial charge < -0.3 is 4.74 Å². The molecule has 4 heteroatoms. The summed E-state index contributed by atoms with van der Waals surface area (Å²) in [5.74, 6) is 0.157. The maximum atomic E-state index is 11.5. The third kappa shape index (κ3) is 1.47. The molecule has 2 fully saturated rings. The van der Waals surface area contributed by atoms with Crippen LogP contribution < -0.4 is 0 Å². The van der Waals surface area contributed by atoms with Gasteiger partial charge in [0.1, 0.15) is 5.60 Å². The van der Waals surface area contributed by atoms with E-state index in [9.17, 15) is 4.79 Å². The van der Waals surface area contributed by atoms with Crippen LogP contribution in [0.2, 0.25) is 0 Å². The molecule has 1 saturated carbocycles. The van der Waals surface area contributed by atoms with Crippen LogP contribution in [-0.4, -0.2) is 16.6 Å². The molecule has 1 unspecified atom stereocenters. The molecule has 1 aliphatic carbocycles. The highest BCUT2D eigenvalue weighted by molar-refractivity contribution is 7.09. The molecular weight excluding hydrogens is 222 g/mol. The molecule has 0 aromatic carbocycles. The van der Waals surface area contributed by atoms with E-state index >= 15 is 0 Å². The predicted molar refractivity (Wildman–Crippen MR) is 61.5 cm³/mol. The topological polar surface area (TPSA) is 39.2 Å². The van der Waals surface area contributed by atoms with Crippen LogP contribution in [0.3, 0.4) is 0 Å². The van der Waals surface area contributed by atoms with Gasteiger partial charge in [-0.2, -0.15) is 0 Å². The lowest BCUT2D eigenvalue weighted by atomic mass is 9.84. The number of aryl methyl sites for hydroxylation is 1. The van der Waals surface area contributed by atoms with Crippen LogP contribution >= 0.6 is 11.3 Å². The first-order valence-electron chi connectivity index (χ1n) is 5.83. The lowest BCUT2D eigenvalue weighted by Gasteiger charge is -2.27. The van der Waals surface area contributed by atoms with Crippen LogP contribution in [0.1, 0.15) is 48.7 Å². The van der Waals surface area contributed by atoms with E-state index in [1.165, 1.54) is 12.8 Å². The summed E-state index contributed by atoms with van der Waals surface area (Å²) in [7, 11) is 0. The largest absolute Gasteiger partial charge is 0.458 e. The van der Waals surface area contributed by atoms with Gasteiger partial charge in [0.2, 0.25) is 0 Å². The lowest BCUT2D eigenvalue weighted by Crippen LogP contribution is -2.30. The molecule has 1 spiro atoms. The minimum Gasteiger partial charge on any atom is -0.458 e. The average molecular weight is 237 g/mol. The summed E-state index contributed by atoms with van der Waals surface area (Å²) in [6.07, 6.45) is 4.89. The second kappa shape index (κ2) is 3.55. The molecule has 1 saturated heterocycles. The Morgan fingerprint density at radius 2 is 2.25 bits per heavy atom. The van der Waals surface area contributed by atoms with Gasteiger partial charge >= 0.3 is 5.97 Å². The molecule has 3 nitrogen and oxygen atoms in total. The van der Waals surface area contributed by atoms with Gasteiger partial charge in [-0.1, -0.05) is 0 Å². The number of carbonyl (C=O) groups excluding carboxylic acids is 1. The lowest BCUT2D eigenvalue weighted by molar-refractivity contribution is -0.148. The van der Waals surface area contributed by atoms with E-state index in [4.69, 9.17) is 4.74 Å². The molecule has 1 aromatic rings. The zero-order valence-corrected chi connectivity index (χ0v) is 10.2. The van der Waals surface area contributed by atoms with Crippen molar-refractivity contribution in [3.8, 4) is 0 Å². The van der Waals surface area contributed by atoms with Gasteiger partial charge in [0.05, 0.1) is 23.0 Å². The number of ether oxygens (including phenoxy) is 1. The Morgan fingerprint density at radius 1 is 1.50 bits per heavy atom. The van der Waals surface area contributed by atoms with Crippen molar-refractivity contribution in [1.29, 1.82) is 0 Å². The Hall–Kier alpha value is -0.900. The van der Waals surface area contributed by atoms with E-state index in [0.717, 1.165) is 23.5 Å². The van der Waals surface area contributed by atoms with Crippen molar-refractivity contribution in [2.45, 2.75) is 50.5 Å². The normalized spacial score (nSPS) is 27.6. The Morgan fingerprint density at radius 3 is 2.88 bits per heavy atom. The van der Waals surface area contributed by atoms with Crippen molar-refractivity contribution in [2.24, 2.45) is 0 Å². The quantitative estimate of drug-likeness (QED) is 0.705. The summed E-state index contributed by atoms with van der Waals surface area (Å²) in [4.78, 5) is 16.1. The van der Waals surface area contributed by atoms with Crippen LogP contribution in [0.25, 0.3) is 0 Å². The van der Waals surface area contributed by atoms with Gasteiger partial charge in [0, 0.05) is 5.38 Å². The third-order valence-corrected chi connectivity index (χ3v) is 4.56. The zero-order chi connectivity index (χ0) is 11.2. The Bertz CT molecular complexity index is 420. The average Bonchev–Trinajstić information content (AvgIpc) is 2.90. The highest BCUT2D eigenvalue weighted by Crippen LogP contribution is 2.50. The van der Waals surface area contributed by atoms with Crippen molar-refractivity contribution >= 4 is 17.3 Å². The number of thiazole rings is 1. The number of nitrogens with zero attached hydrogens (tertiary/aromatic N) is 1. The fraction of sp³-hybridized carbons (Fsp3) is 0.667. The molecule has 0 N–H and O–H groups in total. The summed E-state index contributed by atoms with van der Waals surface area (Å²) in [6.45, 7) is 2.01. The van der Waals surface area contributed by atoms with E-state index in [1.54, 1.807) is 11.3 Å². The van der Waals surface area contributed by atoms with Crippen LogP contribution in [-0.2, 0) is 9.53 Å². The molecule has 3 rings (SSSR count). The molecule has 16 heavy (non-hydrogen) atoms. The molecule has 1 aliphatic heterocycles. The summed E-state index contributed by atoms with van der Waals surface area (Å²) in [6, 6.07) is 0. The highest BCUT2D eigenvalue weighted by Gasteiger charge is 2.52. The van der Waals surface area contributed by atoms with E-state index in [2.05, 4.69) is 10.4 Å². The second-order valence-electron chi connectivity index (χ2n) is 4.79. The van der Waals surface area contributed by atoms with Gasteiger partial charge in [-0.3, -0.25) is 4.79 Å². The first-order valence-corrected chi connectivity index (χ1v) is 6.71. The zero-order valence-electron chi connectivity index (χ0n) is 9.36. The van der Waals surface area contributed by atoms with Crippen molar-refractivity contribution in [3.63, 3.8) is 0 Å². The number of carbonyl (C=O) groups is 1. The minimum absolute atomic E-state index is 0.0439. The standard InChI is InChI=1S/C12H15NO2S/c1-8-13-10(7-16-8)9-6-11(14)15-12(9)4-2-3-5-12/h7,9H,2-6H2,1H3. The van der Waals surface area contributed by atoms with Crippen molar-refractivity contribution in [2.75, 3.05) is 0 Å².